The van der Waals surface area contributed by atoms with Crippen molar-refractivity contribution in [1.82, 2.24) is 26.3 Å². The van der Waals surface area contributed by atoms with Crippen LogP contribution in [0.5, 0.6) is 0 Å². The molecule has 1 saturated heterocycles. The van der Waals surface area contributed by atoms with Crippen LogP contribution in [0.15, 0.2) is 29.4 Å². The van der Waals surface area contributed by atoms with Gasteiger partial charge in [0.25, 0.3) is 0 Å². The lowest BCUT2D eigenvalue weighted by molar-refractivity contribution is -0.157. The summed E-state index contributed by atoms with van der Waals surface area (Å²) in [6.45, 7) is 8.70. The Labute approximate surface area is 224 Å². The van der Waals surface area contributed by atoms with Gasteiger partial charge in [0, 0.05) is 42.4 Å². The van der Waals surface area contributed by atoms with Crippen molar-refractivity contribution in [2.45, 2.75) is 71.4 Å². The van der Waals surface area contributed by atoms with Gasteiger partial charge in [-0.25, -0.2) is 5.53 Å². The SMILES string of the molecule is CC(C)[C@@H](NC(=O)C1CCCC(C2=NNNN2C)C1)C(=O)N1CC[C@](O)(c2ccc(Cl)cc2)C(C)(C)C1. The predicted octanol–water partition coefficient (Wildman–Crippen LogP) is 3.00. The van der Waals surface area contributed by atoms with Crippen molar-refractivity contribution in [2.24, 2.45) is 28.3 Å². The second-order valence-corrected chi connectivity index (χ2v) is 12.2. The Morgan fingerprint density at radius 3 is 2.51 bits per heavy atom. The van der Waals surface area contributed by atoms with Gasteiger partial charge in [0.1, 0.15) is 11.9 Å². The molecule has 0 spiro atoms. The summed E-state index contributed by atoms with van der Waals surface area (Å²) >= 11 is 6.06. The molecule has 204 valence electrons. The molecule has 1 aliphatic carbocycles. The number of hydrazine groups is 2. The van der Waals surface area contributed by atoms with Crippen molar-refractivity contribution >= 4 is 29.3 Å². The molecule has 2 unspecified atom stereocenters. The first-order valence-electron chi connectivity index (χ1n) is 13.3. The number of hydrogen-bond acceptors (Lipinski definition) is 7. The first-order valence-corrected chi connectivity index (χ1v) is 13.7. The average molecular weight is 533 g/mol. The molecule has 0 bridgehead atoms. The summed E-state index contributed by atoms with van der Waals surface area (Å²) in [6, 6.07) is 6.68. The fraction of sp³-hybridized carbons (Fsp3) is 0.667. The van der Waals surface area contributed by atoms with Gasteiger partial charge >= 0.3 is 0 Å². The molecule has 2 amide bonds. The van der Waals surface area contributed by atoms with E-state index >= 15 is 0 Å². The molecular weight excluding hydrogens is 492 g/mol. The highest BCUT2D eigenvalue weighted by Gasteiger charge is 2.50. The number of aliphatic hydroxyl groups is 1. The van der Waals surface area contributed by atoms with Crippen molar-refractivity contribution in [1.29, 1.82) is 0 Å². The summed E-state index contributed by atoms with van der Waals surface area (Å²) in [5.41, 5.74) is 4.85. The van der Waals surface area contributed by atoms with E-state index in [0.717, 1.165) is 30.7 Å². The Balaban J connectivity index is 1.42. The molecule has 9 nitrogen and oxygen atoms in total. The number of benzene rings is 1. The largest absolute Gasteiger partial charge is 0.384 e. The molecule has 1 aromatic rings. The summed E-state index contributed by atoms with van der Waals surface area (Å²) in [6.07, 6.45) is 3.86. The zero-order valence-corrected chi connectivity index (χ0v) is 23.3. The van der Waals surface area contributed by atoms with Crippen LogP contribution in [0, 0.1) is 23.2 Å². The topological polar surface area (TPSA) is 109 Å². The van der Waals surface area contributed by atoms with E-state index in [1.807, 2.05) is 51.9 Å². The average Bonchev–Trinajstić information content (AvgIpc) is 3.29. The van der Waals surface area contributed by atoms with Gasteiger partial charge in [-0.3, -0.25) is 14.6 Å². The highest BCUT2D eigenvalue weighted by atomic mass is 35.5. The number of piperidine rings is 1. The van der Waals surface area contributed by atoms with Crippen LogP contribution in [0.1, 0.15) is 65.4 Å². The molecule has 10 heteroatoms. The molecule has 2 heterocycles. The Morgan fingerprint density at radius 2 is 1.92 bits per heavy atom. The number of nitrogens with one attached hydrogen (secondary N) is 3. The predicted molar refractivity (Wildman–Crippen MR) is 144 cm³/mol. The second kappa shape index (κ2) is 10.8. The van der Waals surface area contributed by atoms with E-state index in [2.05, 4.69) is 21.5 Å². The van der Waals surface area contributed by atoms with Gasteiger partial charge in [0.2, 0.25) is 11.8 Å². The molecule has 1 saturated carbocycles. The first-order chi connectivity index (χ1) is 17.4. The number of amidine groups is 1. The summed E-state index contributed by atoms with van der Waals surface area (Å²) < 4.78 is 0. The van der Waals surface area contributed by atoms with Crippen LogP contribution >= 0.6 is 11.6 Å². The van der Waals surface area contributed by atoms with E-state index in [1.54, 1.807) is 17.0 Å². The van der Waals surface area contributed by atoms with Crippen molar-refractivity contribution in [2.75, 3.05) is 20.1 Å². The minimum absolute atomic E-state index is 0.0604. The summed E-state index contributed by atoms with van der Waals surface area (Å²) in [5, 5.41) is 21.6. The third kappa shape index (κ3) is 5.59. The smallest absolute Gasteiger partial charge is 0.245 e. The number of hydrazone groups is 1. The number of halogens is 1. The van der Waals surface area contributed by atoms with Gasteiger partial charge in [-0.15, -0.1) is 10.6 Å². The number of carbonyl (C=O) groups excluding carboxylic acids is 2. The Kier molecular flexibility index (Phi) is 8.07. The number of rotatable bonds is 6. The standard InChI is InChI=1S/C27H41ClN6O3/c1-17(2)22(29-24(35)19-8-6-7-18(15-19)23-30-31-32-33(23)5)25(36)34-14-13-27(37,26(3,4)16-34)20-9-11-21(28)12-10-20/h9-12,17-19,22,31-32,37H,6-8,13-16H2,1-5H3,(H,29,35)/t18?,19?,22-,27+/m1/s1. The zero-order chi connectivity index (χ0) is 27.0. The number of amides is 2. The van der Waals surface area contributed by atoms with E-state index in [1.165, 1.54) is 0 Å². The first kappa shape index (κ1) is 27.7. The Morgan fingerprint density at radius 1 is 1.22 bits per heavy atom. The van der Waals surface area contributed by atoms with E-state index in [9.17, 15) is 14.7 Å². The van der Waals surface area contributed by atoms with E-state index in [4.69, 9.17) is 11.6 Å². The van der Waals surface area contributed by atoms with Crippen LogP contribution in [-0.2, 0) is 15.2 Å². The minimum atomic E-state index is -1.08. The molecule has 2 fully saturated rings. The van der Waals surface area contributed by atoms with Gasteiger partial charge in [-0.2, -0.15) is 0 Å². The summed E-state index contributed by atoms with van der Waals surface area (Å²) in [7, 11) is 1.91. The lowest BCUT2D eigenvalue weighted by atomic mass is 9.66. The highest BCUT2D eigenvalue weighted by molar-refractivity contribution is 6.30. The third-order valence-electron chi connectivity index (χ3n) is 8.46. The van der Waals surface area contributed by atoms with Crippen molar-refractivity contribution in [3.05, 3.63) is 34.9 Å². The highest BCUT2D eigenvalue weighted by Crippen LogP contribution is 2.46. The molecule has 4 N–H and O–H groups in total. The lowest BCUT2D eigenvalue weighted by Crippen LogP contribution is -2.61. The maximum absolute atomic E-state index is 13.7. The molecule has 0 radical (unpaired) electrons. The van der Waals surface area contributed by atoms with Crippen LogP contribution < -0.4 is 16.4 Å². The lowest BCUT2D eigenvalue weighted by Gasteiger charge is -2.51. The molecule has 37 heavy (non-hydrogen) atoms. The molecule has 4 atom stereocenters. The molecule has 4 rings (SSSR count). The third-order valence-corrected chi connectivity index (χ3v) is 8.71. The summed E-state index contributed by atoms with van der Waals surface area (Å²) in [4.78, 5) is 28.9. The van der Waals surface area contributed by atoms with Crippen LogP contribution in [0.4, 0.5) is 0 Å². The maximum atomic E-state index is 13.7. The van der Waals surface area contributed by atoms with Crippen LogP contribution in [0.25, 0.3) is 0 Å². The number of carbonyl (C=O) groups is 2. The van der Waals surface area contributed by atoms with Crippen molar-refractivity contribution in [3.8, 4) is 0 Å². The minimum Gasteiger partial charge on any atom is -0.384 e. The Hall–Kier alpha value is -2.36. The van der Waals surface area contributed by atoms with Crippen LogP contribution in [-0.4, -0.2) is 58.8 Å². The van der Waals surface area contributed by atoms with Crippen LogP contribution in [0.3, 0.4) is 0 Å². The maximum Gasteiger partial charge on any atom is 0.245 e. The van der Waals surface area contributed by atoms with Gasteiger partial charge in [0.15, 0.2) is 0 Å². The van der Waals surface area contributed by atoms with E-state index in [-0.39, 0.29) is 29.6 Å². The number of nitrogens with zero attached hydrogens (tertiary/aromatic N) is 3. The van der Waals surface area contributed by atoms with Gasteiger partial charge < -0.3 is 15.3 Å². The number of hydrogen-bond donors (Lipinski definition) is 4. The van der Waals surface area contributed by atoms with Crippen molar-refractivity contribution < 1.29 is 14.7 Å². The number of likely N-dealkylation sites (tertiary alicyclic amines) is 1. The summed E-state index contributed by atoms with van der Waals surface area (Å²) in [5.74, 6) is 0.742. The monoisotopic (exact) mass is 532 g/mol. The van der Waals surface area contributed by atoms with E-state index < -0.39 is 17.1 Å². The quantitative estimate of drug-likeness (QED) is 0.448. The fourth-order valence-electron chi connectivity index (χ4n) is 6.07. The van der Waals surface area contributed by atoms with Crippen LogP contribution in [0.2, 0.25) is 5.02 Å². The van der Waals surface area contributed by atoms with Gasteiger partial charge in [-0.05, 0) is 49.3 Å². The zero-order valence-electron chi connectivity index (χ0n) is 22.6. The fourth-order valence-corrected chi connectivity index (χ4v) is 6.20. The molecule has 3 aliphatic rings. The van der Waals surface area contributed by atoms with Crippen molar-refractivity contribution in [3.63, 3.8) is 0 Å². The van der Waals surface area contributed by atoms with E-state index in [0.29, 0.717) is 31.0 Å². The molecule has 0 aromatic heterocycles. The molecular formula is C27H41ClN6O3. The second-order valence-electron chi connectivity index (χ2n) is 11.8. The van der Waals surface area contributed by atoms with Gasteiger partial charge in [-0.1, -0.05) is 57.8 Å². The molecule has 2 aliphatic heterocycles. The van der Waals surface area contributed by atoms with Gasteiger partial charge in [0.05, 0.1) is 5.60 Å². The normalized spacial score (nSPS) is 28.5. The Bertz CT molecular complexity index is 1030. The molecule has 1 aromatic carbocycles.